The lowest BCUT2D eigenvalue weighted by atomic mass is 9.66. The Bertz CT molecular complexity index is 592. The van der Waals surface area contributed by atoms with Crippen LogP contribution >= 0.6 is 11.3 Å². The first kappa shape index (κ1) is 11.5. The second-order valence-electron chi connectivity index (χ2n) is 6.61. The average Bonchev–Trinajstić information content (AvgIpc) is 2.84. The van der Waals surface area contributed by atoms with Crippen molar-refractivity contribution in [2.45, 2.75) is 18.9 Å². The van der Waals surface area contributed by atoms with E-state index in [1.165, 1.54) is 37.2 Å². The Balaban J connectivity index is 1.43. The summed E-state index contributed by atoms with van der Waals surface area (Å²) in [5, 5.41) is 0.874. The van der Waals surface area contributed by atoms with Crippen LogP contribution in [0.25, 0.3) is 10.2 Å². The first-order valence-electron chi connectivity index (χ1n) is 7.60. The minimum atomic E-state index is 0.406. The van der Waals surface area contributed by atoms with E-state index in [9.17, 15) is 0 Å². The van der Waals surface area contributed by atoms with Gasteiger partial charge in [0.15, 0.2) is 0 Å². The maximum absolute atomic E-state index is 6.36. The van der Waals surface area contributed by atoms with Crippen LogP contribution in [0.5, 0.6) is 5.19 Å². The summed E-state index contributed by atoms with van der Waals surface area (Å²) in [6.45, 7) is 3.81. The first-order chi connectivity index (χ1) is 9.85. The van der Waals surface area contributed by atoms with Gasteiger partial charge in [-0.15, -0.1) is 0 Å². The molecule has 0 N–H and O–H groups in total. The average molecular weight is 286 g/mol. The van der Waals surface area contributed by atoms with Gasteiger partial charge in [-0.25, -0.2) is 4.98 Å². The van der Waals surface area contributed by atoms with Crippen molar-refractivity contribution in [2.24, 2.45) is 17.8 Å². The van der Waals surface area contributed by atoms with E-state index in [4.69, 9.17) is 4.74 Å². The van der Waals surface area contributed by atoms with E-state index < -0.39 is 0 Å². The Kier molecular flexibility index (Phi) is 2.41. The zero-order chi connectivity index (χ0) is 13.1. The van der Waals surface area contributed by atoms with Crippen LogP contribution in [0.3, 0.4) is 0 Å². The molecule has 1 saturated carbocycles. The molecule has 4 aliphatic rings. The highest BCUT2D eigenvalue weighted by Gasteiger charge is 2.48. The Morgan fingerprint density at radius 2 is 1.90 bits per heavy atom. The zero-order valence-corrected chi connectivity index (χ0v) is 12.2. The summed E-state index contributed by atoms with van der Waals surface area (Å²) in [6.07, 6.45) is 3.13. The van der Waals surface area contributed by atoms with Crippen molar-refractivity contribution in [2.75, 3.05) is 19.6 Å². The first-order valence-corrected chi connectivity index (χ1v) is 8.41. The molecule has 2 aromatic rings. The lowest BCUT2D eigenvalue weighted by Crippen LogP contribution is -2.61. The molecule has 3 aliphatic heterocycles. The molecule has 4 heteroatoms. The largest absolute Gasteiger partial charge is 0.466 e. The summed E-state index contributed by atoms with van der Waals surface area (Å²) >= 11 is 1.69. The summed E-state index contributed by atoms with van der Waals surface area (Å²) in [7, 11) is 0. The van der Waals surface area contributed by atoms with Crippen molar-refractivity contribution in [1.29, 1.82) is 0 Å². The standard InChI is InChI=1S/C16H18N2OS/c1-2-4-14-13(3-1)17-16(20-14)19-15-11-5-10-6-12(15)9-18(7-10)8-11/h1-4,10-12,15H,5-9H2. The number of piperidine rings is 3. The number of ether oxygens (including phenoxy) is 1. The molecular formula is C16H18N2OS. The quantitative estimate of drug-likeness (QED) is 0.848. The number of fused-ring (bicyclic) bond motifs is 1. The maximum Gasteiger partial charge on any atom is 0.274 e. The van der Waals surface area contributed by atoms with Crippen molar-refractivity contribution >= 4 is 21.6 Å². The second-order valence-corrected chi connectivity index (χ2v) is 7.60. The van der Waals surface area contributed by atoms with Crippen LogP contribution < -0.4 is 4.74 Å². The lowest BCUT2D eigenvalue weighted by Gasteiger charge is -2.55. The van der Waals surface area contributed by atoms with E-state index in [1.807, 2.05) is 6.07 Å². The molecule has 0 radical (unpaired) electrons. The third-order valence-corrected chi connectivity index (χ3v) is 6.14. The molecule has 20 heavy (non-hydrogen) atoms. The number of rotatable bonds is 2. The van der Waals surface area contributed by atoms with Crippen LogP contribution in [0, 0.1) is 17.8 Å². The SMILES string of the molecule is c1ccc2sc(OC3C4CC5CC3CN(C5)C4)nc2c1. The van der Waals surface area contributed by atoms with Crippen molar-refractivity contribution in [1.82, 2.24) is 9.88 Å². The van der Waals surface area contributed by atoms with Crippen LogP contribution in [0.4, 0.5) is 0 Å². The predicted molar refractivity (Wildman–Crippen MR) is 80.2 cm³/mol. The van der Waals surface area contributed by atoms with E-state index in [-0.39, 0.29) is 0 Å². The summed E-state index contributed by atoms with van der Waals surface area (Å²) in [6, 6.07) is 8.31. The molecule has 2 atom stereocenters. The van der Waals surface area contributed by atoms with Gasteiger partial charge in [-0.05, 0) is 30.9 Å². The number of benzene rings is 1. The van der Waals surface area contributed by atoms with Gasteiger partial charge in [-0.3, -0.25) is 0 Å². The van der Waals surface area contributed by atoms with Gasteiger partial charge in [0.1, 0.15) is 6.10 Å². The monoisotopic (exact) mass is 286 g/mol. The van der Waals surface area contributed by atoms with Crippen LogP contribution in [0.2, 0.25) is 0 Å². The molecule has 6 rings (SSSR count). The van der Waals surface area contributed by atoms with Gasteiger partial charge >= 0.3 is 0 Å². The Morgan fingerprint density at radius 3 is 2.65 bits per heavy atom. The van der Waals surface area contributed by atoms with Crippen molar-refractivity contribution in [3.63, 3.8) is 0 Å². The van der Waals surface area contributed by atoms with Crippen molar-refractivity contribution < 1.29 is 4.74 Å². The normalized spacial score (nSPS) is 38.5. The molecule has 104 valence electrons. The van der Waals surface area contributed by atoms with Gasteiger partial charge in [-0.2, -0.15) is 0 Å². The summed E-state index contributed by atoms with van der Waals surface area (Å²) in [5.41, 5.74) is 1.07. The molecule has 0 spiro atoms. The van der Waals surface area contributed by atoms with Gasteiger partial charge < -0.3 is 9.64 Å². The van der Waals surface area contributed by atoms with Gasteiger partial charge in [0.2, 0.25) is 0 Å². The Labute approximate surface area is 122 Å². The Morgan fingerprint density at radius 1 is 1.10 bits per heavy atom. The highest BCUT2D eigenvalue weighted by molar-refractivity contribution is 7.20. The van der Waals surface area contributed by atoms with E-state index in [2.05, 4.69) is 28.1 Å². The number of hydrogen-bond acceptors (Lipinski definition) is 4. The van der Waals surface area contributed by atoms with Gasteiger partial charge in [0.05, 0.1) is 10.2 Å². The summed E-state index contributed by atoms with van der Waals surface area (Å²) < 4.78 is 7.59. The van der Waals surface area contributed by atoms with Gasteiger partial charge in [-0.1, -0.05) is 23.5 Å². The molecule has 3 nitrogen and oxygen atoms in total. The molecule has 1 aromatic carbocycles. The fourth-order valence-electron chi connectivity index (χ4n) is 4.57. The molecular weight excluding hydrogens is 268 g/mol. The highest BCUT2D eigenvalue weighted by Crippen LogP contribution is 2.45. The van der Waals surface area contributed by atoms with E-state index in [1.54, 1.807) is 11.3 Å². The van der Waals surface area contributed by atoms with E-state index in [0.717, 1.165) is 28.5 Å². The fraction of sp³-hybridized carbons (Fsp3) is 0.562. The molecule has 0 amide bonds. The summed E-state index contributed by atoms with van der Waals surface area (Å²) in [5.74, 6) is 2.39. The molecule has 1 aliphatic carbocycles. The number of para-hydroxylation sites is 1. The minimum Gasteiger partial charge on any atom is -0.466 e. The summed E-state index contributed by atoms with van der Waals surface area (Å²) in [4.78, 5) is 7.29. The van der Waals surface area contributed by atoms with Crippen molar-refractivity contribution in [3.8, 4) is 5.19 Å². The van der Waals surface area contributed by atoms with Gasteiger partial charge in [0.25, 0.3) is 5.19 Å². The minimum absolute atomic E-state index is 0.406. The van der Waals surface area contributed by atoms with E-state index >= 15 is 0 Å². The molecule has 4 heterocycles. The molecule has 4 bridgehead atoms. The number of aromatic nitrogens is 1. The van der Waals surface area contributed by atoms with E-state index in [0.29, 0.717) is 6.10 Å². The zero-order valence-electron chi connectivity index (χ0n) is 11.4. The molecule has 2 unspecified atom stereocenters. The molecule has 1 aromatic heterocycles. The predicted octanol–water partition coefficient (Wildman–Crippen LogP) is 3.02. The third-order valence-electron chi connectivity index (χ3n) is 5.21. The van der Waals surface area contributed by atoms with Crippen LogP contribution in [0.15, 0.2) is 24.3 Å². The highest BCUT2D eigenvalue weighted by atomic mass is 32.1. The van der Waals surface area contributed by atoms with Crippen molar-refractivity contribution in [3.05, 3.63) is 24.3 Å². The third kappa shape index (κ3) is 1.71. The maximum atomic E-state index is 6.36. The molecule has 4 fully saturated rings. The van der Waals surface area contributed by atoms with Crippen LogP contribution in [0.1, 0.15) is 12.8 Å². The number of hydrogen-bond donors (Lipinski definition) is 0. The van der Waals surface area contributed by atoms with Crippen LogP contribution in [-0.2, 0) is 0 Å². The van der Waals surface area contributed by atoms with Crippen LogP contribution in [-0.4, -0.2) is 35.6 Å². The topological polar surface area (TPSA) is 25.4 Å². The number of thiazole rings is 1. The van der Waals surface area contributed by atoms with Gasteiger partial charge in [0, 0.05) is 31.5 Å². The fourth-order valence-corrected chi connectivity index (χ4v) is 5.43. The second kappa shape index (κ2) is 4.18. The smallest absolute Gasteiger partial charge is 0.274 e. The number of nitrogens with zero attached hydrogens (tertiary/aromatic N) is 2. The Hall–Kier alpha value is -1.13. The lowest BCUT2D eigenvalue weighted by molar-refractivity contribution is -0.0984. The molecule has 3 saturated heterocycles.